The number of ether oxygens (including phenoxy) is 5. The minimum absolute atomic E-state index is 0.0126. The normalized spacial score (nSPS) is 16.7. The third-order valence-electron chi connectivity index (χ3n) is 17.2. The summed E-state index contributed by atoms with van der Waals surface area (Å²) in [6.07, 6.45) is 3.42. The third kappa shape index (κ3) is 17.7. The van der Waals surface area contributed by atoms with E-state index in [1.54, 1.807) is 44.2 Å². The van der Waals surface area contributed by atoms with Crippen LogP contribution in [0.5, 0.6) is 0 Å². The SMILES string of the molecule is CC[C@@]1(O)C(=O)OCc2c1cc1n(c2=O)Cc2c-1nc1cc(F)c(C)c3c1c2C(NC(=O)OCc1ccc(NC(=O)CN(C)C(=O)CNC(=O)[C@@H](CCCCN)NC(=O)[C@@H](Cc2ccccc2)NC(=O)CCC(C)OCCOC(C)CCOCCC(C)C)cc1)CC3. The maximum Gasteiger partial charge on any atom is 0.407 e. The van der Waals surface area contributed by atoms with Crippen molar-refractivity contribution in [1.29, 1.82) is 0 Å². The highest BCUT2D eigenvalue weighted by atomic mass is 19.1. The van der Waals surface area contributed by atoms with Gasteiger partial charge in [-0.3, -0.25) is 28.8 Å². The number of cyclic esters (lactones) is 1. The van der Waals surface area contributed by atoms with Gasteiger partial charge in [0.25, 0.3) is 5.56 Å². The first kappa shape index (κ1) is 69.7. The van der Waals surface area contributed by atoms with Gasteiger partial charge in [0.2, 0.25) is 29.5 Å². The number of halogens is 1. The van der Waals surface area contributed by atoms with Crippen molar-refractivity contribution < 1.29 is 66.7 Å². The number of aryl methyl sites for hydroxylation is 1. The van der Waals surface area contributed by atoms with Crippen molar-refractivity contribution in [2.24, 2.45) is 11.7 Å². The number of anilines is 1. The molecule has 3 aromatic carbocycles. The van der Waals surface area contributed by atoms with E-state index in [-0.39, 0.29) is 81.2 Å². The number of aliphatic hydroxyl groups is 1. The van der Waals surface area contributed by atoms with Crippen molar-refractivity contribution in [2.45, 2.75) is 168 Å². The number of nitrogens with one attached hydrogen (secondary N) is 5. The standard InChI is InChI=1S/C68H88FN9O14/c1-8-68(87)50-33-56-62-48(36-78(56)65(84)49(50)39-91-66(68)85)61-52(23-22-47-43(6)51(69)34-54(74-62)60(47)61)76-67(86)92-38-45-18-20-46(21-19-45)72-58(80)37-77(7)59(81)35-71-63(82)53(16-12-13-27-70)75-64(83)55(32-44-14-10-9-11-15-44)73-57(79)24-17-41(4)89-30-31-90-42(5)26-29-88-28-25-40(2)3/h9-11,14-15,18-21,33-34,40-42,52-53,55,87H,8,12-13,16-17,22-32,35-39,70H2,1-7H3,(H,71,82)(H,72,80)(H,73,79)(H,75,83)(H,76,86)/t41?,42?,52?,53-,55-,68+/m1/s1. The molecule has 23 nitrogen and oxygen atoms in total. The zero-order valence-corrected chi connectivity index (χ0v) is 53.7. The maximum atomic E-state index is 15.5. The average molecular weight is 1270 g/mol. The summed E-state index contributed by atoms with van der Waals surface area (Å²) in [7, 11) is 1.41. The third-order valence-corrected chi connectivity index (χ3v) is 17.2. The number of aromatic nitrogens is 2. The number of nitrogens with two attached hydrogens (primary N) is 1. The molecule has 3 aliphatic rings. The summed E-state index contributed by atoms with van der Waals surface area (Å²) in [5, 5.41) is 26.1. The molecule has 8 N–H and O–H groups in total. The molecule has 8 rings (SSSR count). The number of rotatable bonds is 33. The Morgan fingerprint density at radius 3 is 2.27 bits per heavy atom. The Morgan fingerprint density at radius 1 is 0.848 bits per heavy atom. The van der Waals surface area contributed by atoms with E-state index in [0.717, 1.165) is 35.5 Å². The monoisotopic (exact) mass is 1270 g/mol. The van der Waals surface area contributed by atoms with Gasteiger partial charge < -0.3 is 70.6 Å². The Balaban J connectivity index is 0.802. The van der Waals surface area contributed by atoms with Crippen LogP contribution < -0.4 is 37.9 Å². The van der Waals surface area contributed by atoms with Crippen LogP contribution in [0.2, 0.25) is 0 Å². The lowest BCUT2D eigenvalue weighted by Gasteiger charge is -2.31. The van der Waals surface area contributed by atoms with E-state index in [1.807, 2.05) is 44.2 Å². The molecule has 0 spiro atoms. The fourth-order valence-corrected chi connectivity index (χ4v) is 11.7. The molecule has 496 valence electrons. The molecule has 0 saturated heterocycles. The smallest absolute Gasteiger partial charge is 0.407 e. The highest BCUT2D eigenvalue weighted by Gasteiger charge is 2.46. The minimum atomic E-state index is -2.04. The quantitative estimate of drug-likeness (QED) is 0.0175. The summed E-state index contributed by atoms with van der Waals surface area (Å²) < 4.78 is 45.4. The number of pyridine rings is 2. The Hall–Kier alpha value is -8.16. The van der Waals surface area contributed by atoms with Gasteiger partial charge in [0.1, 0.15) is 31.1 Å². The zero-order valence-electron chi connectivity index (χ0n) is 53.7. The summed E-state index contributed by atoms with van der Waals surface area (Å²) in [4.78, 5) is 114. The number of carbonyl (C=O) groups excluding carboxylic acids is 7. The van der Waals surface area contributed by atoms with Gasteiger partial charge >= 0.3 is 12.1 Å². The van der Waals surface area contributed by atoms with E-state index in [0.29, 0.717) is 115 Å². The van der Waals surface area contributed by atoms with Gasteiger partial charge in [-0.05, 0) is 137 Å². The van der Waals surface area contributed by atoms with Gasteiger partial charge in [0.15, 0.2) is 5.60 Å². The molecule has 3 unspecified atom stereocenters. The van der Waals surface area contributed by atoms with Crippen molar-refractivity contribution in [3.8, 4) is 11.4 Å². The second-order valence-corrected chi connectivity index (χ2v) is 24.5. The highest BCUT2D eigenvalue weighted by molar-refractivity contribution is 5.97. The van der Waals surface area contributed by atoms with Gasteiger partial charge in [-0.2, -0.15) is 0 Å². The van der Waals surface area contributed by atoms with Gasteiger partial charge in [-0.25, -0.2) is 19.0 Å². The van der Waals surface area contributed by atoms with Crippen LogP contribution in [0.4, 0.5) is 14.9 Å². The van der Waals surface area contributed by atoms with E-state index in [2.05, 4.69) is 40.4 Å². The number of fused-ring (bicyclic) bond motifs is 5. The highest BCUT2D eigenvalue weighted by Crippen LogP contribution is 2.46. The number of esters is 1. The van der Waals surface area contributed by atoms with Gasteiger partial charge in [0, 0.05) is 61.4 Å². The van der Waals surface area contributed by atoms with Crippen LogP contribution in [0, 0.1) is 18.7 Å². The molecular weight excluding hydrogens is 1190 g/mol. The number of unbranched alkanes of at least 4 members (excludes halogenated alkanes) is 1. The molecule has 0 bridgehead atoms. The van der Waals surface area contributed by atoms with Crippen LogP contribution >= 0.6 is 0 Å². The zero-order chi connectivity index (χ0) is 66.2. The van der Waals surface area contributed by atoms with Crippen LogP contribution in [-0.2, 0) is 90.7 Å². The van der Waals surface area contributed by atoms with E-state index >= 15 is 4.39 Å². The van der Waals surface area contributed by atoms with Crippen molar-refractivity contribution >= 4 is 58.2 Å². The van der Waals surface area contributed by atoms with Crippen LogP contribution in [0.1, 0.15) is 143 Å². The van der Waals surface area contributed by atoms with E-state index in [9.17, 15) is 43.5 Å². The number of alkyl carbamates (subject to hydrolysis) is 1. The minimum Gasteiger partial charge on any atom is -0.458 e. The lowest BCUT2D eigenvalue weighted by Crippen LogP contribution is -2.55. The number of hydrogen-bond donors (Lipinski definition) is 7. The van der Waals surface area contributed by atoms with Gasteiger partial charge in [-0.1, -0.05) is 63.2 Å². The number of carbonyl (C=O) groups is 7. The molecule has 2 aliphatic heterocycles. The predicted molar refractivity (Wildman–Crippen MR) is 341 cm³/mol. The fraction of sp³-hybridized carbons (Fsp3) is 0.515. The number of hydrogen-bond acceptors (Lipinski definition) is 16. The van der Waals surface area contributed by atoms with Crippen LogP contribution in [0.25, 0.3) is 22.3 Å². The van der Waals surface area contributed by atoms with Crippen LogP contribution in [0.3, 0.4) is 0 Å². The van der Waals surface area contributed by atoms with Crippen molar-refractivity contribution in [3.63, 3.8) is 0 Å². The van der Waals surface area contributed by atoms with Gasteiger partial charge in [0.05, 0.1) is 73.6 Å². The van der Waals surface area contributed by atoms with Crippen molar-refractivity contribution in [3.05, 3.63) is 127 Å². The lowest BCUT2D eigenvalue weighted by atomic mass is 9.81. The predicted octanol–water partition coefficient (Wildman–Crippen LogP) is 6.34. The van der Waals surface area contributed by atoms with E-state index in [4.69, 9.17) is 34.4 Å². The summed E-state index contributed by atoms with van der Waals surface area (Å²) >= 11 is 0. The molecule has 92 heavy (non-hydrogen) atoms. The number of nitrogens with zero attached hydrogens (tertiary/aromatic N) is 3. The molecule has 5 aromatic rings. The number of likely N-dealkylation sites (N-methyl/N-ethyl adjacent to an activating group) is 1. The van der Waals surface area contributed by atoms with E-state index in [1.165, 1.54) is 17.7 Å². The average Bonchev–Trinajstić information content (AvgIpc) is 1.46. The van der Waals surface area contributed by atoms with E-state index < -0.39 is 77.3 Å². The molecule has 4 heterocycles. The summed E-state index contributed by atoms with van der Waals surface area (Å²) in [5.41, 5.74) is 8.86. The Morgan fingerprint density at radius 2 is 1.57 bits per heavy atom. The molecule has 6 amide bonds. The Bertz CT molecular complexity index is 3530. The summed E-state index contributed by atoms with van der Waals surface area (Å²) in [6, 6.07) is 15.8. The molecule has 1 aliphatic carbocycles. The molecule has 6 atom stereocenters. The molecule has 0 fully saturated rings. The lowest BCUT2D eigenvalue weighted by molar-refractivity contribution is -0.172. The molecule has 2 aromatic heterocycles. The first-order chi connectivity index (χ1) is 44.1. The summed E-state index contributed by atoms with van der Waals surface area (Å²) in [6.45, 7) is 12.7. The van der Waals surface area contributed by atoms with Crippen molar-refractivity contribution in [2.75, 3.05) is 58.4 Å². The number of amides is 6. The maximum absolute atomic E-state index is 15.5. The summed E-state index contributed by atoms with van der Waals surface area (Å²) in [5.74, 6) is -3.43. The Labute approximate surface area is 535 Å². The largest absolute Gasteiger partial charge is 0.458 e. The molecule has 24 heteroatoms. The second kappa shape index (κ2) is 32.4. The fourth-order valence-electron chi connectivity index (χ4n) is 11.7. The molecule has 0 saturated carbocycles. The van der Waals surface area contributed by atoms with Crippen molar-refractivity contribution in [1.82, 2.24) is 35.7 Å². The molecular formula is C68H88FN9O14. The first-order valence-corrected chi connectivity index (χ1v) is 31.9. The number of benzene rings is 3. The second-order valence-electron chi connectivity index (χ2n) is 24.5. The van der Waals surface area contributed by atoms with Crippen LogP contribution in [-0.4, -0.2) is 139 Å². The molecule has 0 radical (unpaired) electrons. The van der Waals surface area contributed by atoms with Gasteiger partial charge in [-0.15, -0.1) is 0 Å². The van der Waals surface area contributed by atoms with Crippen LogP contribution in [0.15, 0.2) is 71.5 Å². The topological polar surface area (TPSA) is 310 Å². The first-order valence-electron chi connectivity index (χ1n) is 31.9. The Kier molecular flexibility index (Phi) is 24.6.